The molecule has 1 atom stereocenters. The normalized spacial score (nSPS) is 16.9. The van der Waals surface area contributed by atoms with E-state index in [1.54, 1.807) is 6.33 Å². The smallest absolute Gasteiger partial charge is 0.169 e. The summed E-state index contributed by atoms with van der Waals surface area (Å²) in [5, 5.41) is 0. The average molecular weight is 347 g/mol. The zero-order valence-electron chi connectivity index (χ0n) is 8.60. The average Bonchev–Trinajstić information content (AvgIpc) is 2.97. The van der Waals surface area contributed by atoms with Gasteiger partial charge >= 0.3 is 0 Å². The molecule has 3 heterocycles. The summed E-state index contributed by atoms with van der Waals surface area (Å²) < 4.78 is 2.07. The lowest BCUT2D eigenvalue weighted by atomic mass is 10.4. The number of anilines is 1. The van der Waals surface area contributed by atoms with Crippen molar-refractivity contribution in [1.29, 1.82) is 0 Å². The number of aromatic nitrogens is 4. The van der Waals surface area contributed by atoms with Crippen molar-refractivity contribution in [3.63, 3.8) is 0 Å². The lowest BCUT2D eigenvalue weighted by Gasteiger charge is -2.15. The van der Waals surface area contributed by atoms with Crippen LogP contribution in [0.15, 0.2) is 12.7 Å². The highest BCUT2D eigenvalue weighted by molar-refractivity contribution is 14.2. The molecule has 84 valence electrons. The molecule has 16 heavy (non-hydrogen) atoms. The first kappa shape index (κ1) is 10.7. The number of nitrogens with zero attached hydrogens (tertiary/aromatic N) is 5. The number of halogens is 1. The molecule has 0 amide bonds. The summed E-state index contributed by atoms with van der Waals surface area (Å²) in [5.41, 5.74) is 1.89. The van der Waals surface area contributed by atoms with Gasteiger partial charge in [-0.15, -0.1) is 0 Å². The highest BCUT2D eigenvalue weighted by Gasteiger charge is 2.18. The van der Waals surface area contributed by atoms with E-state index in [0.717, 1.165) is 30.1 Å². The SMILES string of the molecule is IPn1cnc2c(N3CCCC3)ncnc21. The van der Waals surface area contributed by atoms with E-state index in [9.17, 15) is 0 Å². The fourth-order valence-corrected chi connectivity index (χ4v) is 3.45. The van der Waals surface area contributed by atoms with E-state index in [1.165, 1.54) is 12.8 Å². The fourth-order valence-electron chi connectivity index (χ4n) is 2.04. The van der Waals surface area contributed by atoms with Gasteiger partial charge in [-0.1, -0.05) is 0 Å². The van der Waals surface area contributed by atoms with Crippen molar-refractivity contribution in [2.75, 3.05) is 18.0 Å². The van der Waals surface area contributed by atoms with E-state index in [4.69, 9.17) is 0 Å². The summed E-state index contributed by atoms with van der Waals surface area (Å²) in [6.45, 7) is 2.18. The predicted octanol–water partition coefficient (Wildman–Crippen LogP) is 2.22. The highest BCUT2D eigenvalue weighted by Crippen LogP contribution is 2.31. The van der Waals surface area contributed by atoms with Crippen molar-refractivity contribution < 1.29 is 0 Å². The maximum absolute atomic E-state index is 4.43. The van der Waals surface area contributed by atoms with E-state index in [1.807, 2.05) is 6.33 Å². The Labute approximate surface area is 108 Å². The molecule has 0 saturated carbocycles. The van der Waals surface area contributed by atoms with E-state index >= 15 is 0 Å². The van der Waals surface area contributed by atoms with E-state index < -0.39 is 0 Å². The van der Waals surface area contributed by atoms with Crippen LogP contribution in [0, 0.1) is 0 Å². The Morgan fingerprint density at radius 3 is 2.75 bits per heavy atom. The minimum Gasteiger partial charge on any atom is -0.355 e. The Hall–Kier alpha value is -0.490. The van der Waals surface area contributed by atoms with Crippen molar-refractivity contribution in [3.8, 4) is 0 Å². The van der Waals surface area contributed by atoms with Crippen molar-refractivity contribution >= 4 is 45.4 Å². The molecule has 5 nitrogen and oxygen atoms in total. The van der Waals surface area contributed by atoms with Gasteiger partial charge in [-0.05, 0) is 34.9 Å². The number of fused-ring (bicyclic) bond motifs is 1. The molecule has 3 rings (SSSR count). The van der Waals surface area contributed by atoms with Gasteiger partial charge in [0.05, 0.1) is 6.37 Å². The maximum Gasteiger partial charge on any atom is 0.169 e. The van der Waals surface area contributed by atoms with Crippen LogP contribution >= 0.6 is 28.4 Å². The Morgan fingerprint density at radius 2 is 2.00 bits per heavy atom. The number of hydrogen-bond acceptors (Lipinski definition) is 4. The van der Waals surface area contributed by atoms with Crippen LogP contribution in [0.5, 0.6) is 0 Å². The van der Waals surface area contributed by atoms with Crippen LogP contribution in [0.1, 0.15) is 12.8 Å². The highest BCUT2D eigenvalue weighted by atomic mass is 127. The molecule has 1 saturated heterocycles. The van der Waals surface area contributed by atoms with Crippen molar-refractivity contribution in [2.24, 2.45) is 0 Å². The third kappa shape index (κ3) is 1.68. The van der Waals surface area contributed by atoms with E-state index in [-0.39, 0.29) is 0 Å². The second-order valence-corrected chi connectivity index (χ2v) is 5.86. The second-order valence-electron chi connectivity index (χ2n) is 3.76. The predicted molar refractivity (Wildman–Crippen MR) is 74.5 cm³/mol. The molecule has 0 N–H and O–H groups in total. The molecule has 0 aliphatic carbocycles. The molecule has 2 aromatic heterocycles. The summed E-state index contributed by atoms with van der Waals surface area (Å²) in [6, 6.07) is 0. The second kappa shape index (κ2) is 4.41. The molecule has 1 aliphatic rings. The molecule has 1 fully saturated rings. The van der Waals surface area contributed by atoms with Gasteiger partial charge in [0.2, 0.25) is 0 Å². The van der Waals surface area contributed by atoms with Crippen molar-refractivity contribution in [3.05, 3.63) is 12.7 Å². The Morgan fingerprint density at radius 1 is 1.19 bits per heavy atom. The molecule has 0 bridgehead atoms. The zero-order chi connectivity index (χ0) is 11.0. The molecule has 0 spiro atoms. The van der Waals surface area contributed by atoms with Crippen LogP contribution < -0.4 is 4.90 Å². The largest absolute Gasteiger partial charge is 0.355 e. The summed E-state index contributed by atoms with van der Waals surface area (Å²) in [6.07, 6.45) is 6.63. The quantitative estimate of drug-likeness (QED) is 0.618. The number of hydrogen-bond donors (Lipinski definition) is 0. The van der Waals surface area contributed by atoms with Gasteiger partial charge in [-0.3, -0.25) is 4.34 Å². The van der Waals surface area contributed by atoms with Crippen LogP contribution in [0.2, 0.25) is 0 Å². The van der Waals surface area contributed by atoms with Gasteiger partial charge in [0, 0.05) is 13.1 Å². The van der Waals surface area contributed by atoms with Crippen LogP contribution in [0.4, 0.5) is 5.82 Å². The topological polar surface area (TPSA) is 46.8 Å². The minimum atomic E-state index is 0.631. The number of imidazole rings is 1. The molecular formula is C9H11IN5P. The monoisotopic (exact) mass is 347 g/mol. The number of rotatable bonds is 2. The first-order chi connectivity index (χ1) is 7.90. The molecular weight excluding hydrogens is 336 g/mol. The summed E-state index contributed by atoms with van der Waals surface area (Å²) in [7, 11) is 0. The van der Waals surface area contributed by atoms with E-state index in [0.29, 0.717) is 6.37 Å². The lowest BCUT2D eigenvalue weighted by Crippen LogP contribution is -2.19. The minimum absolute atomic E-state index is 0.631. The van der Waals surface area contributed by atoms with Gasteiger partial charge in [0.1, 0.15) is 12.7 Å². The van der Waals surface area contributed by atoms with Crippen molar-refractivity contribution in [1.82, 2.24) is 19.3 Å². The summed E-state index contributed by atoms with van der Waals surface area (Å²) in [4.78, 5) is 15.4. The molecule has 0 aromatic carbocycles. The molecule has 7 heteroatoms. The van der Waals surface area contributed by atoms with Crippen LogP contribution in [0.3, 0.4) is 0 Å². The Kier molecular flexibility index (Phi) is 2.93. The van der Waals surface area contributed by atoms with Gasteiger partial charge in [-0.2, -0.15) is 0 Å². The Balaban J connectivity index is 2.13. The molecule has 2 aromatic rings. The Bertz CT molecular complexity index is 508. The van der Waals surface area contributed by atoms with Crippen molar-refractivity contribution in [2.45, 2.75) is 12.8 Å². The molecule has 1 unspecified atom stereocenters. The molecule has 1 aliphatic heterocycles. The van der Waals surface area contributed by atoms with Crippen LogP contribution in [-0.4, -0.2) is 32.4 Å². The first-order valence-corrected chi connectivity index (χ1v) is 9.26. The standard InChI is InChI=1S/C9H11IN5P/c10-16-15-6-13-7-8(11-5-12-9(7)15)14-3-1-2-4-14/h5-6,16H,1-4H2. The fraction of sp³-hybridized carbons (Fsp3) is 0.444. The van der Waals surface area contributed by atoms with Crippen LogP contribution in [0.25, 0.3) is 11.2 Å². The first-order valence-electron chi connectivity index (χ1n) is 5.20. The summed E-state index contributed by atoms with van der Waals surface area (Å²) in [5.74, 6) is 0.996. The third-order valence-electron chi connectivity index (χ3n) is 2.81. The van der Waals surface area contributed by atoms with E-state index in [2.05, 4.69) is 46.2 Å². The van der Waals surface area contributed by atoms with Gasteiger partial charge in [0.25, 0.3) is 0 Å². The maximum atomic E-state index is 4.43. The molecule has 0 radical (unpaired) electrons. The summed E-state index contributed by atoms with van der Waals surface area (Å²) >= 11 is 2.33. The zero-order valence-corrected chi connectivity index (χ0v) is 11.8. The van der Waals surface area contributed by atoms with Gasteiger partial charge < -0.3 is 4.90 Å². The van der Waals surface area contributed by atoms with Crippen LogP contribution in [-0.2, 0) is 0 Å². The third-order valence-corrected chi connectivity index (χ3v) is 4.88. The lowest BCUT2D eigenvalue weighted by molar-refractivity contribution is 0.936. The van der Waals surface area contributed by atoms with Gasteiger partial charge in [-0.25, -0.2) is 15.0 Å². The van der Waals surface area contributed by atoms with Gasteiger partial charge in [0.15, 0.2) is 17.0 Å².